The standard InChI is InChI=1S/C13H19N3O2/c1-10(17)15-8-7-14-9-12-3-5-13(6-4-12)16-11(2)18/h3-6,14H,7-9H2,1-2H3,(H,15,17)(H,16,18). The summed E-state index contributed by atoms with van der Waals surface area (Å²) in [6, 6.07) is 7.64. The first kappa shape index (κ1) is 14.2. The van der Waals surface area contributed by atoms with Crippen LogP contribution in [0.3, 0.4) is 0 Å². The molecule has 0 aromatic heterocycles. The molecule has 0 heterocycles. The molecule has 5 nitrogen and oxygen atoms in total. The van der Waals surface area contributed by atoms with Gasteiger partial charge >= 0.3 is 0 Å². The van der Waals surface area contributed by atoms with E-state index in [-0.39, 0.29) is 11.8 Å². The van der Waals surface area contributed by atoms with Gasteiger partial charge in [0.1, 0.15) is 0 Å². The van der Waals surface area contributed by atoms with Crippen LogP contribution in [-0.2, 0) is 16.1 Å². The van der Waals surface area contributed by atoms with E-state index in [2.05, 4.69) is 16.0 Å². The highest BCUT2D eigenvalue weighted by atomic mass is 16.2. The number of anilines is 1. The average molecular weight is 249 g/mol. The van der Waals surface area contributed by atoms with Crippen molar-refractivity contribution in [2.75, 3.05) is 18.4 Å². The van der Waals surface area contributed by atoms with Crippen LogP contribution < -0.4 is 16.0 Å². The van der Waals surface area contributed by atoms with Crippen LogP contribution in [0.25, 0.3) is 0 Å². The molecule has 1 aromatic rings. The first-order chi connectivity index (χ1) is 8.58. The Labute approximate surface area is 107 Å². The second-order valence-corrected chi connectivity index (χ2v) is 4.04. The quantitative estimate of drug-likeness (QED) is 0.655. The Bertz CT molecular complexity index is 401. The van der Waals surface area contributed by atoms with E-state index in [1.54, 1.807) is 0 Å². The lowest BCUT2D eigenvalue weighted by Crippen LogP contribution is -2.29. The topological polar surface area (TPSA) is 70.2 Å². The summed E-state index contributed by atoms with van der Waals surface area (Å²) in [4.78, 5) is 21.5. The molecule has 18 heavy (non-hydrogen) atoms. The third kappa shape index (κ3) is 6.00. The van der Waals surface area contributed by atoms with Crippen LogP contribution in [0.5, 0.6) is 0 Å². The van der Waals surface area contributed by atoms with Crippen LogP contribution in [0.4, 0.5) is 5.69 Å². The van der Waals surface area contributed by atoms with Gasteiger partial charge in [-0.15, -0.1) is 0 Å². The molecule has 0 saturated carbocycles. The summed E-state index contributed by atoms with van der Waals surface area (Å²) >= 11 is 0. The Morgan fingerprint density at radius 3 is 2.22 bits per heavy atom. The predicted molar refractivity (Wildman–Crippen MR) is 71.1 cm³/mol. The minimum absolute atomic E-state index is 0.0172. The van der Waals surface area contributed by atoms with E-state index in [1.807, 2.05) is 24.3 Å². The molecule has 98 valence electrons. The van der Waals surface area contributed by atoms with Crippen molar-refractivity contribution < 1.29 is 9.59 Å². The summed E-state index contributed by atoms with van der Waals surface area (Å²) in [5.74, 6) is -0.0901. The van der Waals surface area contributed by atoms with Gasteiger partial charge in [0.05, 0.1) is 0 Å². The van der Waals surface area contributed by atoms with Crippen molar-refractivity contribution in [2.24, 2.45) is 0 Å². The Morgan fingerprint density at radius 1 is 1.00 bits per heavy atom. The third-order valence-corrected chi connectivity index (χ3v) is 2.28. The van der Waals surface area contributed by atoms with Gasteiger partial charge in [-0.25, -0.2) is 0 Å². The van der Waals surface area contributed by atoms with Crippen molar-refractivity contribution in [3.05, 3.63) is 29.8 Å². The summed E-state index contributed by atoms with van der Waals surface area (Å²) in [5.41, 5.74) is 1.93. The van der Waals surface area contributed by atoms with Crippen molar-refractivity contribution in [1.82, 2.24) is 10.6 Å². The van der Waals surface area contributed by atoms with E-state index >= 15 is 0 Å². The number of carbonyl (C=O) groups excluding carboxylic acids is 2. The van der Waals surface area contributed by atoms with Gasteiger partial charge in [-0.2, -0.15) is 0 Å². The molecule has 1 aromatic carbocycles. The fourth-order valence-corrected chi connectivity index (χ4v) is 1.47. The molecule has 2 amide bonds. The van der Waals surface area contributed by atoms with Crippen molar-refractivity contribution >= 4 is 17.5 Å². The average Bonchev–Trinajstić information content (AvgIpc) is 2.30. The molecule has 0 aliphatic carbocycles. The monoisotopic (exact) mass is 249 g/mol. The van der Waals surface area contributed by atoms with Crippen LogP contribution in [-0.4, -0.2) is 24.9 Å². The number of benzene rings is 1. The zero-order valence-corrected chi connectivity index (χ0v) is 10.7. The molecule has 1 rings (SSSR count). The van der Waals surface area contributed by atoms with E-state index in [1.165, 1.54) is 13.8 Å². The van der Waals surface area contributed by atoms with Crippen LogP contribution in [0.15, 0.2) is 24.3 Å². The largest absolute Gasteiger partial charge is 0.355 e. The van der Waals surface area contributed by atoms with Gasteiger partial charge in [-0.3, -0.25) is 9.59 Å². The number of amides is 2. The minimum atomic E-state index is -0.0730. The molecule has 0 spiro atoms. The molecule has 0 aliphatic rings. The zero-order chi connectivity index (χ0) is 13.4. The lowest BCUT2D eigenvalue weighted by atomic mass is 10.2. The van der Waals surface area contributed by atoms with Crippen LogP contribution in [0.1, 0.15) is 19.4 Å². The van der Waals surface area contributed by atoms with Gasteiger partial charge in [-0.05, 0) is 17.7 Å². The normalized spacial score (nSPS) is 9.89. The van der Waals surface area contributed by atoms with Crippen molar-refractivity contribution in [2.45, 2.75) is 20.4 Å². The minimum Gasteiger partial charge on any atom is -0.355 e. The van der Waals surface area contributed by atoms with E-state index in [9.17, 15) is 9.59 Å². The fraction of sp³-hybridized carbons (Fsp3) is 0.385. The Morgan fingerprint density at radius 2 is 1.67 bits per heavy atom. The first-order valence-electron chi connectivity index (χ1n) is 5.89. The lowest BCUT2D eigenvalue weighted by Gasteiger charge is -2.07. The second-order valence-electron chi connectivity index (χ2n) is 4.04. The first-order valence-corrected chi connectivity index (χ1v) is 5.89. The Balaban J connectivity index is 2.26. The van der Waals surface area contributed by atoms with Gasteiger partial charge in [0, 0.05) is 39.2 Å². The molecule has 0 fully saturated rings. The molecule has 5 heteroatoms. The molecule has 0 unspecified atom stereocenters. The maximum absolute atomic E-state index is 10.8. The van der Waals surface area contributed by atoms with Crippen molar-refractivity contribution in [3.8, 4) is 0 Å². The maximum Gasteiger partial charge on any atom is 0.221 e. The number of carbonyl (C=O) groups is 2. The van der Waals surface area contributed by atoms with E-state index in [4.69, 9.17) is 0 Å². The van der Waals surface area contributed by atoms with Crippen LogP contribution in [0.2, 0.25) is 0 Å². The molecule has 0 saturated heterocycles. The molecule has 0 atom stereocenters. The van der Waals surface area contributed by atoms with Gasteiger partial charge in [0.2, 0.25) is 11.8 Å². The highest BCUT2D eigenvalue weighted by molar-refractivity contribution is 5.88. The number of nitrogens with one attached hydrogen (secondary N) is 3. The molecular weight excluding hydrogens is 230 g/mol. The highest BCUT2D eigenvalue weighted by Crippen LogP contribution is 2.08. The number of hydrogen-bond donors (Lipinski definition) is 3. The fourth-order valence-electron chi connectivity index (χ4n) is 1.47. The summed E-state index contributed by atoms with van der Waals surface area (Å²) < 4.78 is 0. The lowest BCUT2D eigenvalue weighted by molar-refractivity contribution is -0.119. The summed E-state index contributed by atoms with van der Waals surface area (Å²) in [5, 5.41) is 8.64. The molecular formula is C13H19N3O2. The third-order valence-electron chi connectivity index (χ3n) is 2.28. The van der Waals surface area contributed by atoms with Crippen molar-refractivity contribution in [3.63, 3.8) is 0 Å². The van der Waals surface area contributed by atoms with Crippen molar-refractivity contribution in [1.29, 1.82) is 0 Å². The molecule has 3 N–H and O–H groups in total. The van der Waals surface area contributed by atoms with Gasteiger partial charge < -0.3 is 16.0 Å². The SMILES string of the molecule is CC(=O)NCCNCc1ccc(NC(C)=O)cc1. The van der Waals surface area contributed by atoms with E-state index in [0.717, 1.165) is 24.3 Å². The molecule has 0 bridgehead atoms. The summed E-state index contributed by atoms with van der Waals surface area (Å²) in [7, 11) is 0. The van der Waals surface area contributed by atoms with Gasteiger partial charge in [-0.1, -0.05) is 12.1 Å². The molecule has 0 aliphatic heterocycles. The van der Waals surface area contributed by atoms with E-state index < -0.39 is 0 Å². The Kier molecular flexibility index (Phi) is 5.87. The van der Waals surface area contributed by atoms with Gasteiger partial charge in [0.25, 0.3) is 0 Å². The van der Waals surface area contributed by atoms with E-state index in [0.29, 0.717) is 6.54 Å². The highest BCUT2D eigenvalue weighted by Gasteiger charge is 1.96. The number of hydrogen-bond acceptors (Lipinski definition) is 3. The second kappa shape index (κ2) is 7.45. The zero-order valence-electron chi connectivity index (χ0n) is 10.7. The van der Waals surface area contributed by atoms with Gasteiger partial charge in [0.15, 0.2) is 0 Å². The molecule has 0 radical (unpaired) electrons. The smallest absolute Gasteiger partial charge is 0.221 e. The maximum atomic E-state index is 10.8. The summed E-state index contributed by atoms with van der Waals surface area (Å²) in [6.45, 7) is 5.07. The van der Waals surface area contributed by atoms with Crippen LogP contribution in [0, 0.1) is 0 Å². The number of rotatable bonds is 6. The van der Waals surface area contributed by atoms with Crippen LogP contribution >= 0.6 is 0 Å². The summed E-state index contributed by atoms with van der Waals surface area (Å²) in [6.07, 6.45) is 0. The Hall–Kier alpha value is -1.88. The predicted octanol–water partition coefficient (Wildman–Crippen LogP) is 0.871.